The van der Waals surface area contributed by atoms with E-state index in [1.54, 1.807) is 11.3 Å². The van der Waals surface area contributed by atoms with Gasteiger partial charge in [-0.05, 0) is 31.2 Å². The molecular formula is C21H32IN5S. The van der Waals surface area contributed by atoms with Crippen LogP contribution in [0.3, 0.4) is 0 Å². The van der Waals surface area contributed by atoms with Crippen molar-refractivity contribution in [2.45, 2.75) is 39.0 Å². The van der Waals surface area contributed by atoms with Crippen LogP contribution in [0.4, 0.5) is 5.13 Å². The fourth-order valence-corrected chi connectivity index (χ4v) is 4.25. The molecule has 1 unspecified atom stereocenters. The second-order valence-corrected chi connectivity index (χ2v) is 8.10. The van der Waals surface area contributed by atoms with Gasteiger partial charge in [-0.25, -0.2) is 4.98 Å². The Bertz CT molecular complexity index is 755. The van der Waals surface area contributed by atoms with E-state index in [0.29, 0.717) is 5.92 Å². The Kier molecular flexibility index (Phi) is 9.50. The van der Waals surface area contributed by atoms with E-state index in [9.17, 15) is 0 Å². The van der Waals surface area contributed by atoms with Crippen molar-refractivity contribution in [1.82, 2.24) is 15.6 Å². The molecule has 154 valence electrons. The number of benzene rings is 1. The lowest BCUT2D eigenvalue weighted by molar-refractivity contribution is 0.696. The second kappa shape index (κ2) is 11.6. The van der Waals surface area contributed by atoms with Gasteiger partial charge in [-0.2, -0.15) is 0 Å². The number of guanidine groups is 1. The van der Waals surface area contributed by atoms with Gasteiger partial charge >= 0.3 is 0 Å². The van der Waals surface area contributed by atoms with E-state index in [4.69, 9.17) is 4.98 Å². The van der Waals surface area contributed by atoms with Crippen LogP contribution in [0.25, 0.3) is 0 Å². The van der Waals surface area contributed by atoms with Crippen molar-refractivity contribution in [3.8, 4) is 0 Å². The van der Waals surface area contributed by atoms with Crippen LogP contribution in [0.2, 0.25) is 0 Å². The SMILES string of the molecule is CN=C(NCCc1csc(N2CCCC2)n1)NCC(C)c1cccc(C)c1.I. The summed E-state index contributed by atoms with van der Waals surface area (Å²) in [5.74, 6) is 1.29. The number of anilines is 1. The van der Waals surface area contributed by atoms with Crippen LogP contribution in [0.15, 0.2) is 34.6 Å². The maximum Gasteiger partial charge on any atom is 0.191 e. The zero-order valence-corrected chi connectivity index (χ0v) is 20.2. The number of aromatic nitrogens is 1. The molecular weight excluding hydrogens is 481 g/mol. The quantitative estimate of drug-likeness (QED) is 0.332. The molecule has 3 rings (SSSR count). The standard InChI is InChI=1S/C21H31N5S.HI/c1-16-7-6-8-18(13-16)17(2)14-24-20(22-3)23-10-9-19-15-27-21(25-19)26-11-4-5-12-26;/h6-8,13,15,17H,4-5,9-12,14H2,1-3H3,(H2,22,23,24);1H. The summed E-state index contributed by atoms with van der Waals surface area (Å²) in [6, 6.07) is 8.70. The number of halogens is 1. The molecule has 5 nitrogen and oxygen atoms in total. The van der Waals surface area contributed by atoms with Crippen LogP contribution in [-0.2, 0) is 6.42 Å². The predicted octanol–water partition coefficient (Wildman–Crippen LogP) is 4.18. The number of aryl methyl sites for hydroxylation is 1. The van der Waals surface area contributed by atoms with Gasteiger partial charge < -0.3 is 15.5 Å². The highest BCUT2D eigenvalue weighted by Gasteiger charge is 2.15. The van der Waals surface area contributed by atoms with Gasteiger partial charge in [0, 0.05) is 45.0 Å². The molecule has 1 aromatic heterocycles. The number of aliphatic imine (C=N–C) groups is 1. The molecule has 0 radical (unpaired) electrons. The maximum absolute atomic E-state index is 4.78. The molecule has 0 spiro atoms. The average Bonchev–Trinajstić information content (AvgIpc) is 3.35. The highest BCUT2D eigenvalue weighted by molar-refractivity contribution is 14.0. The highest BCUT2D eigenvalue weighted by Crippen LogP contribution is 2.24. The van der Waals surface area contributed by atoms with E-state index in [-0.39, 0.29) is 24.0 Å². The summed E-state index contributed by atoms with van der Waals surface area (Å²) in [5.41, 5.74) is 3.83. The van der Waals surface area contributed by atoms with E-state index < -0.39 is 0 Å². The third-order valence-corrected chi connectivity index (χ3v) is 5.95. The molecule has 0 aliphatic carbocycles. The molecule has 1 atom stereocenters. The molecule has 0 amide bonds. The van der Waals surface area contributed by atoms with Gasteiger partial charge in [0.05, 0.1) is 5.69 Å². The van der Waals surface area contributed by atoms with Crippen LogP contribution in [0, 0.1) is 6.92 Å². The van der Waals surface area contributed by atoms with E-state index >= 15 is 0 Å². The Morgan fingerprint density at radius 3 is 2.79 bits per heavy atom. The van der Waals surface area contributed by atoms with Crippen LogP contribution >= 0.6 is 35.3 Å². The van der Waals surface area contributed by atoms with Crippen molar-refractivity contribution in [2.75, 3.05) is 38.1 Å². The summed E-state index contributed by atoms with van der Waals surface area (Å²) in [4.78, 5) is 11.5. The first-order chi connectivity index (χ1) is 13.2. The van der Waals surface area contributed by atoms with Crippen molar-refractivity contribution >= 4 is 46.4 Å². The molecule has 2 heterocycles. The largest absolute Gasteiger partial charge is 0.356 e. The first-order valence-electron chi connectivity index (χ1n) is 9.86. The first-order valence-corrected chi connectivity index (χ1v) is 10.7. The molecule has 2 aromatic rings. The highest BCUT2D eigenvalue weighted by atomic mass is 127. The lowest BCUT2D eigenvalue weighted by atomic mass is 9.99. The molecule has 0 saturated carbocycles. The Balaban J connectivity index is 0.00000280. The molecule has 7 heteroatoms. The van der Waals surface area contributed by atoms with Crippen LogP contribution < -0.4 is 15.5 Å². The summed E-state index contributed by atoms with van der Waals surface area (Å²) in [5, 5.41) is 10.2. The minimum absolute atomic E-state index is 0. The third kappa shape index (κ3) is 6.62. The van der Waals surface area contributed by atoms with Crippen molar-refractivity contribution in [1.29, 1.82) is 0 Å². The average molecular weight is 513 g/mol. The number of nitrogens with one attached hydrogen (secondary N) is 2. The van der Waals surface area contributed by atoms with Gasteiger partial charge in [-0.1, -0.05) is 36.8 Å². The Hall–Kier alpha value is -1.35. The minimum atomic E-state index is 0. The number of thiazole rings is 1. The van der Waals surface area contributed by atoms with Crippen LogP contribution in [-0.4, -0.2) is 44.2 Å². The van der Waals surface area contributed by atoms with Gasteiger partial charge in [0.15, 0.2) is 11.1 Å². The monoisotopic (exact) mass is 513 g/mol. The predicted molar refractivity (Wildman–Crippen MR) is 132 cm³/mol. The first kappa shape index (κ1) is 22.9. The van der Waals surface area contributed by atoms with Gasteiger partial charge in [0.25, 0.3) is 0 Å². The summed E-state index contributed by atoms with van der Waals surface area (Å²) in [7, 11) is 1.82. The van der Waals surface area contributed by atoms with Crippen molar-refractivity contribution in [3.05, 3.63) is 46.5 Å². The van der Waals surface area contributed by atoms with E-state index in [0.717, 1.165) is 44.3 Å². The van der Waals surface area contributed by atoms with Gasteiger partial charge in [0.1, 0.15) is 0 Å². The Morgan fingerprint density at radius 1 is 1.29 bits per heavy atom. The van der Waals surface area contributed by atoms with E-state index in [1.807, 2.05) is 7.05 Å². The second-order valence-electron chi connectivity index (χ2n) is 7.26. The number of hydrogen-bond donors (Lipinski definition) is 2. The van der Waals surface area contributed by atoms with Gasteiger partial charge in [-0.3, -0.25) is 4.99 Å². The lowest BCUT2D eigenvalue weighted by Gasteiger charge is -2.16. The van der Waals surface area contributed by atoms with Gasteiger partial charge in [-0.15, -0.1) is 35.3 Å². The molecule has 1 aliphatic heterocycles. The molecule has 1 saturated heterocycles. The van der Waals surface area contributed by atoms with Crippen molar-refractivity contribution < 1.29 is 0 Å². The normalized spacial score (nSPS) is 15.2. The number of hydrogen-bond acceptors (Lipinski definition) is 4. The van der Waals surface area contributed by atoms with Crippen LogP contribution in [0.5, 0.6) is 0 Å². The Morgan fingerprint density at radius 2 is 2.07 bits per heavy atom. The summed E-state index contributed by atoms with van der Waals surface area (Å²) >= 11 is 1.77. The van der Waals surface area contributed by atoms with Gasteiger partial charge in [0.2, 0.25) is 0 Å². The van der Waals surface area contributed by atoms with E-state index in [2.05, 4.69) is 64.0 Å². The van der Waals surface area contributed by atoms with Crippen LogP contribution in [0.1, 0.15) is 42.5 Å². The fraction of sp³-hybridized carbons (Fsp3) is 0.524. The minimum Gasteiger partial charge on any atom is -0.356 e. The molecule has 1 aliphatic rings. The van der Waals surface area contributed by atoms with Crippen molar-refractivity contribution in [3.63, 3.8) is 0 Å². The Labute approximate surface area is 190 Å². The maximum atomic E-state index is 4.78. The fourth-order valence-electron chi connectivity index (χ4n) is 3.34. The summed E-state index contributed by atoms with van der Waals surface area (Å²) in [6.45, 7) is 8.38. The van der Waals surface area contributed by atoms with Crippen molar-refractivity contribution in [2.24, 2.45) is 4.99 Å². The third-order valence-electron chi connectivity index (χ3n) is 5.00. The number of nitrogens with zero attached hydrogens (tertiary/aromatic N) is 3. The lowest BCUT2D eigenvalue weighted by Crippen LogP contribution is -2.39. The summed E-state index contributed by atoms with van der Waals surface area (Å²) in [6.07, 6.45) is 3.50. The number of rotatable bonds is 7. The zero-order valence-electron chi connectivity index (χ0n) is 17.1. The molecule has 1 aromatic carbocycles. The molecule has 1 fully saturated rings. The zero-order chi connectivity index (χ0) is 19.1. The topological polar surface area (TPSA) is 52.6 Å². The summed E-state index contributed by atoms with van der Waals surface area (Å²) < 4.78 is 0. The molecule has 2 N–H and O–H groups in total. The smallest absolute Gasteiger partial charge is 0.191 e. The van der Waals surface area contributed by atoms with E-state index in [1.165, 1.54) is 29.1 Å². The molecule has 0 bridgehead atoms. The molecule has 28 heavy (non-hydrogen) atoms.